The zero-order valence-corrected chi connectivity index (χ0v) is 13.6. The van der Waals surface area contributed by atoms with Crippen LogP contribution >= 0.6 is 11.6 Å². The van der Waals surface area contributed by atoms with Gasteiger partial charge in [0.25, 0.3) is 11.6 Å². The van der Waals surface area contributed by atoms with E-state index < -0.39 is 4.92 Å². The molecule has 1 amide bonds. The minimum Gasteiger partial charge on any atom is -0.338 e. The molecule has 0 aliphatic rings. The quantitative estimate of drug-likeness (QED) is 0.589. The molecule has 0 fully saturated rings. The maximum Gasteiger partial charge on any atom is 0.270 e. The van der Waals surface area contributed by atoms with Gasteiger partial charge in [0, 0.05) is 25.2 Å². The molecule has 0 unspecified atom stereocenters. The fourth-order valence-corrected chi connectivity index (χ4v) is 2.28. The van der Waals surface area contributed by atoms with Gasteiger partial charge in [-0.2, -0.15) is 0 Å². The highest BCUT2D eigenvalue weighted by atomic mass is 35.5. The Labute approximate surface area is 130 Å². The molecule has 1 aromatic rings. The lowest BCUT2D eigenvalue weighted by Gasteiger charge is -2.26. The zero-order valence-electron chi connectivity index (χ0n) is 12.8. The number of rotatable bonds is 6. The molecule has 116 valence electrons. The summed E-state index contributed by atoms with van der Waals surface area (Å²) < 4.78 is 0. The zero-order chi connectivity index (χ0) is 16.2. The van der Waals surface area contributed by atoms with Crippen molar-refractivity contribution in [2.24, 2.45) is 11.8 Å². The summed E-state index contributed by atoms with van der Waals surface area (Å²) in [5.74, 6) is 0.362. The van der Waals surface area contributed by atoms with Gasteiger partial charge in [0.15, 0.2) is 0 Å². The fourth-order valence-electron chi connectivity index (χ4n) is 2.08. The Bertz CT molecular complexity index is 520. The minimum absolute atomic E-state index is 0.128. The highest BCUT2D eigenvalue weighted by Crippen LogP contribution is 2.24. The number of non-ortho nitro benzene ring substituents is 1. The summed E-state index contributed by atoms with van der Waals surface area (Å²) in [6, 6.07) is 3.95. The Morgan fingerprint density at radius 1 is 1.24 bits per heavy atom. The number of amides is 1. The Kier molecular flexibility index (Phi) is 6.15. The third-order valence-electron chi connectivity index (χ3n) is 2.85. The van der Waals surface area contributed by atoms with Crippen LogP contribution in [0.3, 0.4) is 0 Å². The van der Waals surface area contributed by atoms with Gasteiger partial charge >= 0.3 is 0 Å². The molecule has 0 saturated heterocycles. The van der Waals surface area contributed by atoms with Crippen LogP contribution in [0.1, 0.15) is 38.1 Å². The molecule has 0 atom stereocenters. The van der Waals surface area contributed by atoms with Gasteiger partial charge in [-0.25, -0.2) is 0 Å². The molecule has 1 rings (SSSR count). The molecule has 0 aliphatic carbocycles. The van der Waals surface area contributed by atoms with Gasteiger partial charge in [-0.3, -0.25) is 14.9 Å². The van der Waals surface area contributed by atoms with Crippen molar-refractivity contribution in [3.8, 4) is 0 Å². The minimum atomic E-state index is -0.525. The molecule has 21 heavy (non-hydrogen) atoms. The standard InChI is InChI=1S/C15H21ClN2O3/c1-10(2)8-17(9-11(3)4)15(19)13-7-12(18(20)21)5-6-14(13)16/h5-7,10-11H,8-9H2,1-4H3. The van der Waals surface area contributed by atoms with Crippen molar-refractivity contribution in [1.82, 2.24) is 4.90 Å². The van der Waals surface area contributed by atoms with Crippen molar-refractivity contribution in [1.29, 1.82) is 0 Å². The summed E-state index contributed by atoms with van der Waals surface area (Å²) in [4.78, 5) is 24.7. The number of benzene rings is 1. The Morgan fingerprint density at radius 3 is 2.19 bits per heavy atom. The number of halogens is 1. The smallest absolute Gasteiger partial charge is 0.270 e. The van der Waals surface area contributed by atoms with Gasteiger partial charge in [-0.15, -0.1) is 0 Å². The van der Waals surface area contributed by atoms with E-state index in [1.165, 1.54) is 18.2 Å². The van der Waals surface area contributed by atoms with E-state index in [0.717, 1.165) is 0 Å². The molecule has 1 aromatic carbocycles. The number of nitrogens with zero attached hydrogens (tertiary/aromatic N) is 2. The van der Waals surface area contributed by atoms with E-state index in [2.05, 4.69) is 0 Å². The number of nitro benzene ring substituents is 1. The molecule has 5 nitrogen and oxygen atoms in total. The van der Waals surface area contributed by atoms with E-state index in [9.17, 15) is 14.9 Å². The third kappa shape index (κ3) is 5.01. The van der Waals surface area contributed by atoms with Gasteiger partial charge in [0.05, 0.1) is 15.5 Å². The summed E-state index contributed by atoms with van der Waals surface area (Å²) >= 11 is 6.04. The molecule has 0 spiro atoms. The molecule has 0 aromatic heterocycles. The van der Waals surface area contributed by atoms with E-state index in [-0.39, 0.29) is 22.2 Å². The lowest BCUT2D eigenvalue weighted by molar-refractivity contribution is -0.384. The normalized spacial score (nSPS) is 11.0. The van der Waals surface area contributed by atoms with E-state index in [0.29, 0.717) is 24.9 Å². The van der Waals surface area contributed by atoms with Crippen molar-refractivity contribution in [2.75, 3.05) is 13.1 Å². The average molecular weight is 313 g/mol. The summed E-state index contributed by atoms with van der Waals surface area (Å²) in [7, 11) is 0. The Hall–Kier alpha value is -1.62. The lowest BCUT2D eigenvalue weighted by Crippen LogP contribution is -2.37. The van der Waals surface area contributed by atoms with Crippen molar-refractivity contribution in [3.63, 3.8) is 0 Å². The first-order valence-corrected chi connectivity index (χ1v) is 7.33. The molecule has 0 N–H and O–H groups in total. The summed E-state index contributed by atoms with van der Waals surface area (Å²) in [5.41, 5.74) is 0.0592. The van der Waals surface area contributed by atoms with Crippen LogP contribution in [0.25, 0.3) is 0 Å². The molecule has 6 heteroatoms. The predicted octanol–water partition coefficient (Wildman–Crippen LogP) is 4.00. The first-order chi connectivity index (χ1) is 9.72. The summed E-state index contributed by atoms with van der Waals surface area (Å²) in [6.07, 6.45) is 0. The summed E-state index contributed by atoms with van der Waals surface area (Å²) in [5, 5.41) is 11.1. The SMILES string of the molecule is CC(C)CN(CC(C)C)C(=O)c1cc([N+](=O)[O-])ccc1Cl. The van der Waals surface area contributed by atoms with Crippen LogP contribution < -0.4 is 0 Å². The van der Waals surface area contributed by atoms with Crippen LogP contribution in [0.15, 0.2) is 18.2 Å². The second-order valence-corrected chi connectivity index (χ2v) is 6.33. The second kappa shape index (κ2) is 7.41. The lowest BCUT2D eigenvalue weighted by atomic mass is 10.1. The van der Waals surface area contributed by atoms with Crippen LogP contribution in [-0.4, -0.2) is 28.8 Å². The van der Waals surface area contributed by atoms with Gasteiger partial charge in [-0.1, -0.05) is 39.3 Å². The van der Waals surface area contributed by atoms with Crippen LogP contribution in [0, 0.1) is 22.0 Å². The van der Waals surface area contributed by atoms with Crippen LogP contribution in [0.4, 0.5) is 5.69 Å². The maximum atomic E-state index is 12.6. The Morgan fingerprint density at radius 2 is 1.76 bits per heavy atom. The summed E-state index contributed by atoms with van der Waals surface area (Å²) in [6.45, 7) is 9.28. The fraction of sp³-hybridized carbons (Fsp3) is 0.533. The van der Waals surface area contributed by atoms with Crippen molar-refractivity contribution < 1.29 is 9.72 Å². The number of hydrogen-bond acceptors (Lipinski definition) is 3. The van der Waals surface area contributed by atoms with Crippen molar-refractivity contribution in [3.05, 3.63) is 38.9 Å². The monoisotopic (exact) mass is 312 g/mol. The van der Waals surface area contributed by atoms with Crippen LogP contribution in [0.5, 0.6) is 0 Å². The van der Waals surface area contributed by atoms with Crippen molar-refractivity contribution in [2.45, 2.75) is 27.7 Å². The first-order valence-electron chi connectivity index (χ1n) is 6.95. The molecule has 0 bridgehead atoms. The van der Waals surface area contributed by atoms with Gasteiger partial charge in [-0.05, 0) is 17.9 Å². The molecular weight excluding hydrogens is 292 g/mol. The maximum absolute atomic E-state index is 12.6. The van der Waals surface area contributed by atoms with Crippen molar-refractivity contribution >= 4 is 23.2 Å². The molecule has 0 saturated carbocycles. The number of carbonyl (C=O) groups excluding carboxylic acids is 1. The number of hydrogen-bond donors (Lipinski definition) is 0. The number of carbonyl (C=O) groups is 1. The second-order valence-electron chi connectivity index (χ2n) is 5.92. The first kappa shape index (κ1) is 17.4. The highest BCUT2D eigenvalue weighted by Gasteiger charge is 2.22. The average Bonchev–Trinajstić information content (AvgIpc) is 2.36. The molecule has 0 aliphatic heterocycles. The van der Waals surface area contributed by atoms with Gasteiger partial charge in [0.2, 0.25) is 0 Å². The highest BCUT2D eigenvalue weighted by molar-refractivity contribution is 6.33. The van der Waals surface area contributed by atoms with Gasteiger partial charge < -0.3 is 4.90 Å². The number of nitro groups is 1. The van der Waals surface area contributed by atoms with Gasteiger partial charge in [0.1, 0.15) is 0 Å². The predicted molar refractivity (Wildman–Crippen MR) is 83.7 cm³/mol. The van der Waals surface area contributed by atoms with E-state index >= 15 is 0 Å². The molecule has 0 radical (unpaired) electrons. The molecular formula is C15H21ClN2O3. The van der Waals surface area contributed by atoms with E-state index in [4.69, 9.17) is 11.6 Å². The Balaban J connectivity index is 3.12. The largest absolute Gasteiger partial charge is 0.338 e. The third-order valence-corrected chi connectivity index (χ3v) is 3.18. The molecule has 0 heterocycles. The van der Waals surface area contributed by atoms with E-state index in [1.54, 1.807) is 4.90 Å². The van der Waals surface area contributed by atoms with Crippen LogP contribution in [0.2, 0.25) is 5.02 Å². The topological polar surface area (TPSA) is 63.5 Å². The van der Waals surface area contributed by atoms with E-state index in [1.807, 2.05) is 27.7 Å². The van der Waals surface area contributed by atoms with Crippen LogP contribution in [-0.2, 0) is 0 Å².